The van der Waals surface area contributed by atoms with E-state index in [0.29, 0.717) is 16.6 Å². The first-order valence-corrected chi connectivity index (χ1v) is 9.41. The van der Waals surface area contributed by atoms with Gasteiger partial charge in [-0.1, -0.05) is 28.1 Å². The third kappa shape index (κ3) is 4.14. The number of methoxy groups -OCH3 is 1. The Kier molecular flexibility index (Phi) is 5.60. The van der Waals surface area contributed by atoms with Gasteiger partial charge in [0.05, 0.1) is 17.7 Å². The van der Waals surface area contributed by atoms with Gasteiger partial charge < -0.3 is 4.74 Å². The number of rotatable bonds is 4. The number of likely N-dealkylation sites (N-methyl/N-ethyl adjacent to an activating group) is 1. The Bertz CT molecular complexity index is 847. The normalized spacial score (nSPS) is 17.6. The molecular formula is C19H17BrN2O2S. The third-order valence-corrected chi connectivity index (χ3v) is 5.15. The van der Waals surface area contributed by atoms with Crippen LogP contribution < -0.4 is 4.74 Å². The van der Waals surface area contributed by atoms with Crippen molar-refractivity contribution >= 4 is 50.5 Å². The molecule has 0 bridgehead atoms. The summed E-state index contributed by atoms with van der Waals surface area (Å²) in [6, 6.07) is 15.3. The minimum atomic E-state index is -0.0141. The number of carbonyl (C=O) groups excluding carboxylic acids is 1. The Balaban J connectivity index is 1.90. The van der Waals surface area contributed by atoms with Gasteiger partial charge in [-0.2, -0.15) is 0 Å². The number of hydrogen-bond acceptors (Lipinski definition) is 4. The van der Waals surface area contributed by atoms with Crippen LogP contribution >= 0.6 is 27.7 Å². The zero-order chi connectivity index (χ0) is 17.8. The smallest absolute Gasteiger partial charge is 0.266 e. The van der Waals surface area contributed by atoms with E-state index in [0.717, 1.165) is 21.5 Å². The molecule has 0 aromatic heterocycles. The second kappa shape index (κ2) is 7.89. The Morgan fingerprint density at radius 2 is 2.00 bits per heavy atom. The van der Waals surface area contributed by atoms with Gasteiger partial charge in [-0.25, -0.2) is 4.99 Å². The lowest BCUT2D eigenvalue weighted by Gasteiger charge is -2.12. The summed E-state index contributed by atoms with van der Waals surface area (Å²) in [4.78, 5) is 19.6. The van der Waals surface area contributed by atoms with Crippen LogP contribution in [0.4, 0.5) is 5.69 Å². The molecular weight excluding hydrogens is 400 g/mol. The Labute approximate surface area is 159 Å². The fraction of sp³-hybridized carbons (Fsp3) is 0.158. The average molecular weight is 417 g/mol. The summed E-state index contributed by atoms with van der Waals surface area (Å²) in [6.07, 6.45) is 1.90. The summed E-state index contributed by atoms with van der Waals surface area (Å²) in [7, 11) is 1.63. The van der Waals surface area contributed by atoms with Crippen LogP contribution in [0.1, 0.15) is 12.5 Å². The van der Waals surface area contributed by atoms with E-state index in [1.54, 1.807) is 12.0 Å². The predicted molar refractivity (Wildman–Crippen MR) is 107 cm³/mol. The predicted octanol–water partition coefficient (Wildman–Crippen LogP) is 5.08. The van der Waals surface area contributed by atoms with Crippen LogP contribution in [-0.4, -0.2) is 29.6 Å². The molecule has 0 radical (unpaired) electrons. The number of halogens is 1. The van der Waals surface area contributed by atoms with Crippen LogP contribution in [0.15, 0.2) is 62.9 Å². The molecule has 4 nitrogen and oxygen atoms in total. The minimum absolute atomic E-state index is 0.0141. The van der Waals surface area contributed by atoms with Crippen molar-refractivity contribution in [1.29, 1.82) is 0 Å². The lowest BCUT2D eigenvalue weighted by atomic mass is 10.2. The molecule has 0 N–H and O–H groups in total. The van der Waals surface area contributed by atoms with E-state index in [1.165, 1.54) is 11.8 Å². The number of amides is 1. The first-order valence-electron chi connectivity index (χ1n) is 7.80. The minimum Gasteiger partial charge on any atom is -0.497 e. The topological polar surface area (TPSA) is 41.9 Å². The molecule has 0 unspecified atom stereocenters. The number of aliphatic imine (C=N–C) groups is 1. The molecule has 1 saturated heterocycles. The maximum Gasteiger partial charge on any atom is 0.266 e. The van der Waals surface area contributed by atoms with Gasteiger partial charge >= 0.3 is 0 Å². The van der Waals surface area contributed by atoms with Gasteiger partial charge in [-0.15, -0.1) is 0 Å². The van der Waals surface area contributed by atoms with Gasteiger partial charge in [-0.3, -0.25) is 9.69 Å². The maximum absolute atomic E-state index is 12.7. The first kappa shape index (κ1) is 17.8. The van der Waals surface area contributed by atoms with Crippen LogP contribution in [0.3, 0.4) is 0 Å². The van der Waals surface area contributed by atoms with Gasteiger partial charge in [0, 0.05) is 11.0 Å². The highest BCUT2D eigenvalue weighted by molar-refractivity contribution is 9.10. The molecule has 3 rings (SSSR count). The molecule has 2 aromatic carbocycles. The van der Waals surface area contributed by atoms with Gasteiger partial charge in [0.25, 0.3) is 5.91 Å². The molecule has 0 atom stereocenters. The highest BCUT2D eigenvalue weighted by atomic mass is 79.9. The molecule has 0 spiro atoms. The SMILES string of the molecule is CCN1C(=O)/C(=C\c2cccc(Br)c2)SC1=Nc1ccc(OC)cc1. The molecule has 0 saturated carbocycles. The average Bonchev–Trinajstić information content (AvgIpc) is 2.90. The Morgan fingerprint density at radius 3 is 2.64 bits per heavy atom. The van der Waals surface area contributed by atoms with Crippen molar-refractivity contribution < 1.29 is 9.53 Å². The first-order chi connectivity index (χ1) is 12.1. The van der Waals surface area contributed by atoms with E-state index < -0.39 is 0 Å². The van der Waals surface area contributed by atoms with Crippen LogP contribution in [0.2, 0.25) is 0 Å². The third-order valence-electron chi connectivity index (χ3n) is 3.65. The largest absolute Gasteiger partial charge is 0.497 e. The number of benzene rings is 2. The van der Waals surface area contributed by atoms with Crippen molar-refractivity contribution in [2.45, 2.75) is 6.92 Å². The fourth-order valence-corrected chi connectivity index (χ4v) is 3.86. The van der Waals surface area contributed by atoms with Gasteiger partial charge in [0.1, 0.15) is 5.75 Å². The van der Waals surface area contributed by atoms with Gasteiger partial charge in [0.15, 0.2) is 5.17 Å². The molecule has 25 heavy (non-hydrogen) atoms. The molecule has 0 aliphatic carbocycles. The van der Waals surface area contributed by atoms with Crippen LogP contribution in [0.5, 0.6) is 5.75 Å². The van der Waals surface area contributed by atoms with Crippen molar-refractivity contribution in [3.8, 4) is 5.75 Å². The van der Waals surface area contributed by atoms with Crippen molar-refractivity contribution in [3.05, 3.63) is 63.5 Å². The lowest BCUT2D eigenvalue weighted by molar-refractivity contribution is -0.122. The Hall–Kier alpha value is -2.05. The van der Waals surface area contributed by atoms with Crippen molar-refractivity contribution in [1.82, 2.24) is 4.90 Å². The summed E-state index contributed by atoms with van der Waals surface area (Å²) >= 11 is 4.85. The fourth-order valence-electron chi connectivity index (χ4n) is 2.39. The van der Waals surface area contributed by atoms with Crippen molar-refractivity contribution in [3.63, 3.8) is 0 Å². The lowest BCUT2D eigenvalue weighted by Crippen LogP contribution is -2.28. The standard InChI is InChI=1S/C19H17BrN2O2S/c1-3-22-18(23)17(12-13-5-4-6-14(20)11-13)25-19(22)21-15-7-9-16(24-2)10-8-15/h4-12H,3H2,1-2H3/b17-12+,21-19?. The number of amidine groups is 1. The highest BCUT2D eigenvalue weighted by Crippen LogP contribution is 2.34. The van der Waals surface area contributed by atoms with E-state index in [9.17, 15) is 4.79 Å². The van der Waals surface area contributed by atoms with Crippen LogP contribution in [0.25, 0.3) is 6.08 Å². The summed E-state index contributed by atoms with van der Waals surface area (Å²) in [5.41, 5.74) is 1.77. The zero-order valence-corrected chi connectivity index (χ0v) is 16.3. The van der Waals surface area contributed by atoms with Crippen molar-refractivity contribution in [2.24, 2.45) is 4.99 Å². The van der Waals surface area contributed by atoms with Crippen molar-refractivity contribution in [2.75, 3.05) is 13.7 Å². The van der Waals surface area contributed by atoms with Gasteiger partial charge in [-0.05, 0) is 66.7 Å². The quantitative estimate of drug-likeness (QED) is 0.652. The molecule has 2 aromatic rings. The van der Waals surface area contributed by atoms with E-state index in [1.807, 2.05) is 61.5 Å². The molecule has 1 heterocycles. The number of carbonyl (C=O) groups is 1. The van der Waals surface area contributed by atoms with Crippen LogP contribution in [-0.2, 0) is 4.79 Å². The molecule has 6 heteroatoms. The molecule has 1 fully saturated rings. The number of thioether (sulfide) groups is 1. The van der Waals surface area contributed by atoms with E-state index in [2.05, 4.69) is 20.9 Å². The van der Waals surface area contributed by atoms with E-state index in [4.69, 9.17) is 4.74 Å². The summed E-state index contributed by atoms with van der Waals surface area (Å²) < 4.78 is 6.14. The maximum atomic E-state index is 12.7. The summed E-state index contributed by atoms with van der Waals surface area (Å²) in [6.45, 7) is 2.53. The number of hydrogen-bond donors (Lipinski definition) is 0. The molecule has 1 amide bonds. The number of ether oxygens (including phenoxy) is 1. The van der Waals surface area contributed by atoms with E-state index >= 15 is 0 Å². The molecule has 1 aliphatic heterocycles. The molecule has 128 valence electrons. The summed E-state index contributed by atoms with van der Waals surface area (Å²) in [5.74, 6) is 0.765. The second-order valence-electron chi connectivity index (χ2n) is 5.31. The van der Waals surface area contributed by atoms with Crippen LogP contribution in [0, 0.1) is 0 Å². The Morgan fingerprint density at radius 1 is 1.24 bits per heavy atom. The summed E-state index contributed by atoms with van der Waals surface area (Å²) in [5, 5.41) is 0.693. The highest BCUT2D eigenvalue weighted by Gasteiger charge is 2.32. The second-order valence-corrected chi connectivity index (χ2v) is 7.23. The molecule has 1 aliphatic rings. The van der Waals surface area contributed by atoms with E-state index in [-0.39, 0.29) is 5.91 Å². The zero-order valence-electron chi connectivity index (χ0n) is 13.9. The number of nitrogens with zero attached hydrogens (tertiary/aromatic N) is 2. The van der Waals surface area contributed by atoms with Gasteiger partial charge in [0.2, 0.25) is 0 Å². The monoisotopic (exact) mass is 416 g/mol.